The smallest absolute Gasteiger partial charge is 0.281 e. The molecule has 1 amide bonds. The van der Waals surface area contributed by atoms with E-state index in [4.69, 9.17) is 16.3 Å². The number of nitrogens with zero attached hydrogens (tertiary/aromatic N) is 7. The van der Waals surface area contributed by atoms with Crippen LogP contribution in [0.5, 0.6) is 5.75 Å². The molecule has 0 saturated carbocycles. The van der Waals surface area contributed by atoms with Crippen LogP contribution in [0.15, 0.2) is 49.1 Å². The van der Waals surface area contributed by atoms with Gasteiger partial charge in [-0.3, -0.25) is 9.36 Å². The van der Waals surface area contributed by atoms with Crippen molar-refractivity contribution in [1.29, 1.82) is 0 Å². The minimum absolute atomic E-state index is 0.0690. The van der Waals surface area contributed by atoms with Crippen LogP contribution in [0.25, 0.3) is 5.95 Å². The van der Waals surface area contributed by atoms with Gasteiger partial charge in [-0.2, -0.15) is 22.0 Å². The van der Waals surface area contributed by atoms with Gasteiger partial charge in [0.2, 0.25) is 11.9 Å². The molecule has 4 rings (SSSR count). The van der Waals surface area contributed by atoms with Crippen LogP contribution < -0.4 is 15.0 Å². The van der Waals surface area contributed by atoms with E-state index in [-0.39, 0.29) is 30.6 Å². The molecule has 2 aromatic heterocycles. The number of piperazine rings is 1. The second-order valence-corrected chi connectivity index (χ2v) is 11.5. The van der Waals surface area contributed by atoms with Crippen LogP contribution in [-0.4, -0.2) is 95.9 Å². The van der Waals surface area contributed by atoms with E-state index in [9.17, 15) is 13.2 Å². The second kappa shape index (κ2) is 12.1. The molecule has 1 fully saturated rings. The van der Waals surface area contributed by atoms with E-state index < -0.39 is 16.3 Å². The van der Waals surface area contributed by atoms with Gasteiger partial charge in [0, 0.05) is 65.2 Å². The van der Waals surface area contributed by atoms with E-state index in [0.29, 0.717) is 31.3 Å². The van der Waals surface area contributed by atoms with E-state index in [2.05, 4.69) is 20.3 Å². The Balaban J connectivity index is 1.51. The molecule has 204 valence electrons. The number of carbonyl (C=O) groups is 1. The van der Waals surface area contributed by atoms with Gasteiger partial charge >= 0.3 is 0 Å². The quantitative estimate of drug-likeness (QED) is 0.367. The molecule has 1 aliphatic heterocycles. The molecule has 38 heavy (non-hydrogen) atoms. The predicted molar refractivity (Wildman–Crippen MR) is 144 cm³/mol. The predicted octanol–water partition coefficient (Wildman–Crippen LogP) is 1.37. The first-order valence-electron chi connectivity index (χ1n) is 12.0. The van der Waals surface area contributed by atoms with E-state index in [1.165, 1.54) is 22.7 Å². The summed E-state index contributed by atoms with van der Waals surface area (Å²) in [5, 5.41) is 3.18. The zero-order chi connectivity index (χ0) is 27.3. The van der Waals surface area contributed by atoms with Crippen molar-refractivity contribution in [2.75, 3.05) is 52.3 Å². The summed E-state index contributed by atoms with van der Waals surface area (Å²) in [6.07, 6.45) is 5.57. The maximum Gasteiger partial charge on any atom is 0.281 e. The second-order valence-electron chi connectivity index (χ2n) is 8.97. The minimum Gasteiger partial charge on any atom is -0.497 e. The van der Waals surface area contributed by atoms with E-state index >= 15 is 0 Å². The number of hydrogen-bond donors (Lipinski definition) is 1. The van der Waals surface area contributed by atoms with Crippen molar-refractivity contribution in [3.63, 3.8) is 0 Å². The summed E-state index contributed by atoms with van der Waals surface area (Å²) in [6, 6.07) is 8.81. The lowest BCUT2D eigenvalue weighted by atomic mass is 10.1. The first-order chi connectivity index (χ1) is 18.2. The summed E-state index contributed by atoms with van der Waals surface area (Å²) in [4.78, 5) is 27.8. The Morgan fingerprint density at radius 1 is 1.24 bits per heavy atom. The fraction of sp³-hybridized carbons (Fsp3) is 0.417. The van der Waals surface area contributed by atoms with Crippen LogP contribution in [0.1, 0.15) is 12.0 Å². The van der Waals surface area contributed by atoms with Gasteiger partial charge in [-0.25, -0.2) is 9.97 Å². The van der Waals surface area contributed by atoms with Gasteiger partial charge < -0.3 is 15.0 Å². The number of benzene rings is 1. The number of methoxy groups -OCH3 is 1. The number of nitrogens with one attached hydrogen (secondary N) is 1. The van der Waals surface area contributed by atoms with Gasteiger partial charge in [-0.15, -0.1) is 0 Å². The number of imidazole rings is 1. The SMILES string of the molecule is COc1cccc(CCNC(=O)CC2CN(S(=O)(=O)N(C)C)CCN2c2cc(Cl)nc(-n3ccnc3)n2)c1. The lowest BCUT2D eigenvalue weighted by Gasteiger charge is -2.41. The molecule has 1 unspecified atom stereocenters. The summed E-state index contributed by atoms with van der Waals surface area (Å²) < 4.78 is 35.2. The van der Waals surface area contributed by atoms with Crippen molar-refractivity contribution in [2.45, 2.75) is 18.9 Å². The molecule has 1 aliphatic rings. The summed E-state index contributed by atoms with van der Waals surface area (Å²) in [6.45, 7) is 1.11. The van der Waals surface area contributed by atoms with Crippen molar-refractivity contribution in [3.05, 3.63) is 59.8 Å². The molecule has 0 spiro atoms. The van der Waals surface area contributed by atoms with Gasteiger partial charge in [0.05, 0.1) is 13.2 Å². The molecule has 14 heteroatoms. The Morgan fingerprint density at radius 2 is 2.05 bits per heavy atom. The van der Waals surface area contributed by atoms with Gasteiger partial charge in [0.15, 0.2) is 0 Å². The topological polar surface area (TPSA) is 126 Å². The third-order valence-electron chi connectivity index (χ3n) is 6.22. The van der Waals surface area contributed by atoms with Crippen molar-refractivity contribution in [3.8, 4) is 11.7 Å². The van der Waals surface area contributed by atoms with Crippen LogP contribution in [0.3, 0.4) is 0 Å². The van der Waals surface area contributed by atoms with Crippen molar-refractivity contribution in [1.82, 2.24) is 33.4 Å². The molecule has 1 N–H and O–H groups in total. The van der Waals surface area contributed by atoms with Crippen molar-refractivity contribution >= 4 is 33.5 Å². The Hall–Kier alpha value is -3.26. The molecule has 0 radical (unpaired) electrons. The monoisotopic (exact) mass is 562 g/mol. The number of amides is 1. The molecule has 0 bridgehead atoms. The molecule has 3 heterocycles. The van der Waals surface area contributed by atoms with E-state index in [1.54, 1.807) is 36.5 Å². The highest BCUT2D eigenvalue weighted by Crippen LogP contribution is 2.25. The summed E-state index contributed by atoms with van der Waals surface area (Å²) in [5.74, 6) is 1.40. The highest BCUT2D eigenvalue weighted by atomic mass is 35.5. The van der Waals surface area contributed by atoms with Crippen LogP contribution in [-0.2, 0) is 21.4 Å². The molecule has 0 aliphatic carbocycles. The first kappa shape index (κ1) is 27.8. The van der Waals surface area contributed by atoms with Gasteiger partial charge in [-0.05, 0) is 24.1 Å². The Kier molecular flexibility index (Phi) is 8.82. The number of ether oxygens (including phenoxy) is 1. The fourth-order valence-electron chi connectivity index (χ4n) is 4.24. The number of halogens is 1. The van der Waals surface area contributed by atoms with Crippen molar-refractivity contribution in [2.24, 2.45) is 0 Å². The lowest BCUT2D eigenvalue weighted by molar-refractivity contribution is -0.121. The highest BCUT2D eigenvalue weighted by molar-refractivity contribution is 7.86. The molecule has 1 aromatic carbocycles. The van der Waals surface area contributed by atoms with E-state index in [1.807, 2.05) is 29.2 Å². The molecule has 12 nitrogen and oxygen atoms in total. The van der Waals surface area contributed by atoms with Gasteiger partial charge in [-0.1, -0.05) is 23.7 Å². The minimum atomic E-state index is -3.66. The Labute approximate surface area is 227 Å². The summed E-state index contributed by atoms with van der Waals surface area (Å²) in [5.41, 5.74) is 1.04. The molecular formula is C24H31ClN8O4S. The van der Waals surface area contributed by atoms with Gasteiger partial charge in [0.25, 0.3) is 10.2 Å². The van der Waals surface area contributed by atoms with E-state index in [0.717, 1.165) is 11.3 Å². The number of aromatic nitrogens is 4. The molecule has 1 saturated heterocycles. The number of hydrogen-bond acceptors (Lipinski definition) is 8. The van der Waals surface area contributed by atoms with Crippen molar-refractivity contribution < 1.29 is 17.9 Å². The molecule has 3 aromatic rings. The molecular weight excluding hydrogens is 532 g/mol. The first-order valence-corrected chi connectivity index (χ1v) is 13.8. The van der Waals surface area contributed by atoms with Crippen LogP contribution >= 0.6 is 11.6 Å². The Morgan fingerprint density at radius 3 is 2.76 bits per heavy atom. The lowest BCUT2D eigenvalue weighted by Crippen LogP contribution is -2.58. The highest BCUT2D eigenvalue weighted by Gasteiger charge is 2.36. The average molecular weight is 563 g/mol. The number of carbonyl (C=O) groups excluding carboxylic acids is 1. The zero-order valence-electron chi connectivity index (χ0n) is 21.5. The zero-order valence-corrected chi connectivity index (χ0v) is 23.1. The van der Waals surface area contributed by atoms with Crippen LogP contribution in [0.2, 0.25) is 5.15 Å². The number of anilines is 1. The van der Waals surface area contributed by atoms with Crippen LogP contribution in [0.4, 0.5) is 5.82 Å². The maximum absolute atomic E-state index is 13.0. The standard InChI is InChI=1S/C24H31ClN8O4S/c1-30(2)38(35,36)32-11-12-33(22-15-21(25)28-24(29-22)31-10-9-26-17-31)19(16-32)14-23(34)27-8-7-18-5-4-6-20(13-18)37-3/h4-6,9-10,13,15,17,19H,7-8,11-12,14,16H2,1-3H3,(H,27,34). The summed E-state index contributed by atoms with van der Waals surface area (Å²) >= 11 is 6.32. The Bertz CT molecular complexity index is 1350. The third-order valence-corrected chi connectivity index (χ3v) is 8.32. The van der Waals surface area contributed by atoms with Gasteiger partial charge in [0.1, 0.15) is 23.0 Å². The maximum atomic E-state index is 13.0. The third kappa shape index (κ3) is 6.59. The molecule has 1 atom stereocenters. The largest absolute Gasteiger partial charge is 0.497 e. The number of rotatable bonds is 10. The normalized spacial score (nSPS) is 16.6. The van der Waals surface area contributed by atoms with Crippen LogP contribution in [0, 0.1) is 0 Å². The summed E-state index contributed by atoms with van der Waals surface area (Å²) in [7, 11) is 0.930. The average Bonchev–Trinajstić information content (AvgIpc) is 3.43. The fourth-order valence-corrected chi connectivity index (χ4v) is 5.55.